The molecule has 31 heavy (non-hydrogen) atoms. The van der Waals surface area contributed by atoms with E-state index in [0.717, 1.165) is 16.7 Å². The van der Waals surface area contributed by atoms with Gasteiger partial charge in [0.25, 0.3) is 0 Å². The van der Waals surface area contributed by atoms with Crippen LogP contribution in [0.1, 0.15) is 26.3 Å². The molecule has 0 bridgehead atoms. The molecule has 0 aliphatic heterocycles. The summed E-state index contributed by atoms with van der Waals surface area (Å²) in [6.07, 6.45) is 3.24. The molecule has 0 amide bonds. The van der Waals surface area contributed by atoms with Crippen molar-refractivity contribution in [2.75, 3.05) is 0 Å². The first-order chi connectivity index (χ1) is 15.2. The molecular formula is C28H20O3. The largest absolute Gasteiger partial charge is 0.423 e. The fourth-order valence-corrected chi connectivity index (χ4v) is 3.15. The number of carbonyl (C=O) groups is 2. The Hall–Kier alpha value is -4.24. The molecule has 3 heteroatoms. The van der Waals surface area contributed by atoms with Crippen LogP contribution in [0.25, 0.3) is 17.2 Å². The fourth-order valence-electron chi connectivity index (χ4n) is 3.15. The van der Waals surface area contributed by atoms with Gasteiger partial charge < -0.3 is 4.74 Å². The Kier molecular flexibility index (Phi) is 6.15. The second-order valence-electron chi connectivity index (χ2n) is 6.97. The third-order valence-corrected chi connectivity index (χ3v) is 4.78. The average Bonchev–Trinajstić information content (AvgIpc) is 2.84. The summed E-state index contributed by atoms with van der Waals surface area (Å²) in [5, 5.41) is 0. The van der Waals surface area contributed by atoms with Crippen molar-refractivity contribution >= 4 is 17.8 Å². The van der Waals surface area contributed by atoms with Gasteiger partial charge in [0.2, 0.25) is 0 Å². The van der Waals surface area contributed by atoms with Gasteiger partial charge in [0, 0.05) is 5.56 Å². The minimum absolute atomic E-state index is 0.0914. The number of esters is 1. The van der Waals surface area contributed by atoms with Crippen LogP contribution in [0.4, 0.5) is 0 Å². The summed E-state index contributed by atoms with van der Waals surface area (Å²) < 4.78 is 5.43. The highest BCUT2D eigenvalue weighted by molar-refractivity contribution is 6.07. The molecule has 0 unspecified atom stereocenters. The van der Waals surface area contributed by atoms with Crippen LogP contribution in [-0.2, 0) is 0 Å². The maximum absolute atomic E-state index is 12.5. The van der Waals surface area contributed by atoms with E-state index in [0.29, 0.717) is 16.9 Å². The van der Waals surface area contributed by atoms with E-state index in [2.05, 4.69) is 0 Å². The molecule has 0 saturated heterocycles. The summed E-state index contributed by atoms with van der Waals surface area (Å²) in [7, 11) is 0. The topological polar surface area (TPSA) is 43.4 Å². The predicted molar refractivity (Wildman–Crippen MR) is 123 cm³/mol. The second-order valence-corrected chi connectivity index (χ2v) is 6.97. The van der Waals surface area contributed by atoms with Crippen molar-refractivity contribution < 1.29 is 14.3 Å². The number of rotatable bonds is 6. The second kappa shape index (κ2) is 9.51. The first kappa shape index (κ1) is 20.0. The molecule has 4 aromatic carbocycles. The number of hydrogen-bond donors (Lipinski definition) is 0. The van der Waals surface area contributed by atoms with E-state index >= 15 is 0 Å². The lowest BCUT2D eigenvalue weighted by Gasteiger charge is -2.05. The quantitative estimate of drug-likeness (QED) is 0.160. The zero-order valence-corrected chi connectivity index (χ0v) is 16.8. The first-order valence-electron chi connectivity index (χ1n) is 9.94. The molecule has 0 fully saturated rings. The zero-order valence-electron chi connectivity index (χ0n) is 16.8. The number of allylic oxidation sites excluding steroid dienone is 1. The molecular weight excluding hydrogens is 384 g/mol. The van der Waals surface area contributed by atoms with Crippen molar-refractivity contribution in [1.29, 1.82) is 0 Å². The highest BCUT2D eigenvalue weighted by Gasteiger charge is 2.08. The van der Waals surface area contributed by atoms with Crippen molar-refractivity contribution in [2.24, 2.45) is 0 Å². The van der Waals surface area contributed by atoms with Gasteiger partial charge >= 0.3 is 5.97 Å². The van der Waals surface area contributed by atoms with E-state index in [1.54, 1.807) is 48.5 Å². The van der Waals surface area contributed by atoms with Gasteiger partial charge in [0.15, 0.2) is 5.78 Å². The summed E-state index contributed by atoms with van der Waals surface area (Å²) in [5.41, 5.74) is 4.04. The number of carbonyl (C=O) groups excluding carboxylic acids is 2. The summed E-state index contributed by atoms with van der Waals surface area (Å²) in [6, 6.07) is 33.5. The lowest BCUT2D eigenvalue weighted by atomic mass is 10.0. The van der Waals surface area contributed by atoms with Gasteiger partial charge in [-0.3, -0.25) is 4.79 Å². The van der Waals surface area contributed by atoms with E-state index in [1.807, 2.05) is 66.7 Å². The Morgan fingerprint density at radius 1 is 0.613 bits per heavy atom. The van der Waals surface area contributed by atoms with Gasteiger partial charge in [0.05, 0.1) is 5.56 Å². The minimum Gasteiger partial charge on any atom is -0.423 e. The Morgan fingerprint density at radius 3 is 1.97 bits per heavy atom. The first-order valence-corrected chi connectivity index (χ1v) is 9.94. The highest BCUT2D eigenvalue weighted by atomic mass is 16.5. The SMILES string of the molecule is O=C(/C=C/c1cccc(OC(=O)c2ccccc2)c1)c1ccc(-c2ccccc2)cc1. The molecule has 0 radical (unpaired) electrons. The third kappa shape index (κ3) is 5.22. The van der Waals surface area contributed by atoms with Crippen LogP contribution < -0.4 is 4.74 Å². The van der Waals surface area contributed by atoms with Crippen LogP contribution in [0.5, 0.6) is 5.75 Å². The normalized spacial score (nSPS) is 10.7. The van der Waals surface area contributed by atoms with Crippen LogP contribution in [0, 0.1) is 0 Å². The Labute approximate surface area is 181 Å². The molecule has 0 N–H and O–H groups in total. The van der Waals surface area contributed by atoms with Crippen molar-refractivity contribution in [3.63, 3.8) is 0 Å². The summed E-state index contributed by atoms with van der Waals surface area (Å²) in [6.45, 7) is 0. The smallest absolute Gasteiger partial charge is 0.343 e. The van der Waals surface area contributed by atoms with Gasteiger partial charge in [-0.25, -0.2) is 4.79 Å². The molecule has 150 valence electrons. The number of ether oxygens (including phenoxy) is 1. The molecule has 0 aliphatic rings. The lowest BCUT2D eigenvalue weighted by molar-refractivity contribution is 0.0734. The van der Waals surface area contributed by atoms with Crippen LogP contribution in [0.15, 0.2) is 115 Å². The van der Waals surface area contributed by atoms with Crippen LogP contribution in [0.2, 0.25) is 0 Å². The van der Waals surface area contributed by atoms with E-state index in [9.17, 15) is 9.59 Å². The maximum Gasteiger partial charge on any atom is 0.343 e. The number of hydrogen-bond acceptors (Lipinski definition) is 3. The molecule has 4 aromatic rings. The molecule has 0 atom stereocenters. The Morgan fingerprint density at radius 2 is 1.26 bits per heavy atom. The van der Waals surface area contributed by atoms with Crippen molar-refractivity contribution in [3.8, 4) is 16.9 Å². The lowest BCUT2D eigenvalue weighted by Crippen LogP contribution is -2.08. The number of ketones is 1. The van der Waals surface area contributed by atoms with Gasteiger partial charge in [-0.05, 0) is 47.0 Å². The standard InChI is InChI=1S/C28H20O3/c29-27(24-17-15-23(16-18-24)22-9-3-1-4-10-22)19-14-21-8-7-13-26(20-21)31-28(30)25-11-5-2-6-12-25/h1-20H/b19-14+. The van der Waals surface area contributed by atoms with Gasteiger partial charge in [-0.2, -0.15) is 0 Å². The Balaban J connectivity index is 1.43. The van der Waals surface area contributed by atoms with Crippen LogP contribution in [0.3, 0.4) is 0 Å². The summed E-state index contributed by atoms with van der Waals surface area (Å²) >= 11 is 0. The van der Waals surface area contributed by atoms with Crippen molar-refractivity contribution in [2.45, 2.75) is 0 Å². The number of benzene rings is 4. The van der Waals surface area contributed by atoms with Crippen LogP contribution in [-0.4, -0.2) is 11.8 Å². The van der Waals surface area contributed by atoms with E-state index in [1.165, 1.54) is 6.08 Å². The predicted octanol–water partition coefficient (Wildman–Crippen LogP) is 6.47. The van der Waals surface area contributed by atoms with E-state index in [-0.39, 0.29) is 5.78 Å². The minimum atomic E-state index is -0.420. The van der Waals surface area contributed by atoms with Crippen LogP contribution >= 0.6 is 0 Å². The van der Waals surface area contributed by atoms with Crippen molar-refractivity contribution in [3.05, 3.63) is 132 Å². The van der Waals surface area contributed by atoms with Crippen molar-refractivity contribution in [1.82, 2.24) is 0 Å². The molecule has 3 nitrogen and oxygen atoms in total. The molecule has 0 aromatic heterocycles. The monoisotopic (exact) mass is 404 g/mol. The average molecular weight is 404 g/mol. The maximum atomic E-state index is 12.5. The molecule has 0 saturated carbocycles. The summed E-state index contributed by atoms with van der Waals surface area (Å²) in [4.78, 5) is 24.8. The highest BCUT2D eigenvalue weighted by Crippen LogP contribution is 2.20. The van der Waals surface area contributed by atoms with Gasteiger partial charge in [-0.15, -0.1) is 0 Å². The zero-order chi connectivity index (χ0) is 21.5. The fraction of sp³-hybridized carbons (Fsp3) is 0. The van der Waals surface area contributed by atoms with E-state index < -0.39 is 5.97 Å². The van der Waals surface area contributed by atoms with E-state index in [4.69, 9.17) is 4.74 Å². The third-order valence-electron chi connectivity index (χ3n) is 4.78. The Bertz CT molecular complexity index is 1210. The molecule has 0 heterocycles. The molecule has 4 rings (SSSR count). The van der Waals surface area contributed by atoms with Gasteiger partial charge in [-0.1, -0.05) is 91.0 Å². The molecule has 0 aliphatic carbocycles. The van der Waals surface area contributed by atoms with Gasteiger partial charge in [0.1, 0.15) is 5.75 Å². The summed E-state index contributed by atoms with van der Waals surface area (Å²) in [5.74, 6) is -0.0849. The molecule has 0 spiro atoms.